The minimum Gasteiger partial charge on any atom is -0.342 e. The van der Waals surface area contributed by atoms with Gasteiger partial charge in [-0.15, -0.1) is 0 Å². The molecule has 0 aliphatic carbocycles. The minimum atomic E-state index is -0.227. The fraction of sp³-hybridized carbons (Fsp3) is 0.300. The molecule has 0 unspecified atom stereocenters. The Balaban J connectivity index is 1.61. The van der Waals surface area contributed by atoms with Crippen LogP contribution in [-0.2, 0) is 11.3 Å². The van der Waals surface area contributed by atoms with E-state index in [1.165, 1.54) is 17.8 Å². The maximum Gasteiger partial charge on any atom is 0.233 e. The van der Waals surface area contributed by atoms with Gasteiger partial charge in [0.2, 0.25) is 5.91 Å². The molecule has 0 radical (unpaired) electrons. The summed E-state index contributed by atoms with van der Waals surface area (Å²) in [7, 11) is 0. The lowest BCUT2D eigenvalue weighted by Crippen LogP contribution is -2.29. The highest BCUT2D eigenvalue weighted by atomic mass is 32.2. The average molecular weight is 369 g/mol. The van der Waals surface area contributed by atoms with Gasteiger partial charge in [-0.05, 0) is 31.0 Å². The number of para-hydroxylation sites is 2. The van der Waals surface area contributed by atoms with Crippen molar-refractivity contribution in [2.45, 2.75) is 24.5 Å². The molecule has 1 amide bonds. The number of amides is 1. The molecule has 1 aromatic heterocycles. The Bertz CT molecular complexity index is 934. The molecule has 1 aliphatic rings. The lowest BCUT2D eigenvalue weighted by Gasteiger charge is -2.15. The van der Waals surface area contributed by atoms with E-state index in [2.05, 4.69) is 4.98 Å². The fourth-order valence-corrected chi connectivity index (χ4v) is 4.21. The second-order valence-corrected chi connectivity index (χ2v) is 7.38. The number of benzene rings is 2. The summed E-state index contributed by atoms with van der Waals surface area (Å²) in [6.45, 7) is 2.10. The summed E-state index contributed by atoms with van der Waals surface area (Å²) in [5, 5.41) is 0.752. The van der Waals surface area contributed by atoms with Crippen LogP contribution in [0.1, 0.15) is 18.4 Å². The standard InChI is InChI=1S/C20H20FN3OS/c21-16-8-2-1-7-15(16)13-24-18-10-4-3-9-17(18)22-20(24)26-14-19(25)23-11-5-6-12-23/h1-4,7-10H,5-6,11-14H2. The number of halogens is 1. The molecule has 0 atom stereocenters. The monoisotopic (exact) mass is 369 g/mol. The van der Waals surface area contributed by atoms with Crippen LogP contribution < -0.4 is 0 Å². The quantitative estimate of drug-likeness (QED) is 0.640. The van der Waals surface area contributed by atoms with Crippen molar-refractivity contribution in [2.75, 3.05) is 18.8 Å². The molecule has 134 valence electrons. The van der Waals surface area contributed by atoms with Crippen LogP contribution in [0.25, 0.3) is 11.0 Å². The van der Waals surface area contributed by atoms with Gasteiger partial charge in [-0.3, -0.25) is 4.79 Å². The predicted octanol–water partition coefficient (Wildman–Crippen LogP) is 3.94. The van der Waals surface area contributed by atoms with Gasteiger partial charge in [-0.2, -0.15) is 0 Å². The molecule has 4 rings (SSSR count). The summed E-state index contributed by atoms with van der Waals surface area (Å²) >= 11 is 1.43. The van der Waals surface area contributed by atoms with Crippen LogP contribution in [0, 0.1) is 5.82 Å². The van der Waals surface area contributed by atoms with Gasteiger partial charge in [0.05, 0.1) is 23.3 Å². The second kappa shape index (κ2) is 7.50. The molecule has 1 aliphatic heterocycles. The highest BCUT2D eigenvalue weighted by Crippen LogP contribution is 2.26. The van der Waals surface area contributed by atoms with Crippen molar-refractivity contribution < 1.29 is 9.18 Å². The largest absolute Gasteiger partial charge is 0.342 e. The van der Waals surface area contributed by atoms with E-state index in [9.17, 15) is 9.18 Å². The number of hydrogen-bond donors (Lipinski definition) is 0. The average Bonchev–Trinajstić information content (AvgIpc) is 3.30. The van der Waals surface area contributed by atoms with Crippen LogP contribution in [0.5, 0.6) is 0 Å². The molecule has 0 spiro atoms. The van der Waals surface area contributed by atoms with Crippen LogP contribution in [0.15, 0.2) is 53.7 Å². The van der Waals surface area contributed by atoms with Crippen LogP contribution in [0.4, 0.5) is 4.39 Å². The van der Waals surface area contributed by atoms with Gasteiger partial charge in [0.15, 0.2) is 5.16 Å². The van der Waals surface area contributed by atoms with Crippen LogP contribution in [0.3, 0.4) is 0 Å². The van der Waals surface area contributed by atoms with Crippen molar-refractivity contribution in [1.82, 2.24) is 14.5 Å². The molecule has 0 N–H and O–H groups in total. The third kappa shape index (κ3) is 3.46. The first-order valence-electron chi connectivity index (χ1n) is 8.81. The summed E-state index contributed by atoms with van der Waals surface area (Å²) in [5.74, 6) is 0.284. The molecule has 1 saturated heterocycles. The molecule has 1 fully saturated rings. The van der Waals surface area contributed by atoms with E-state index in [1.54, 1.807) is 12.1 Å². The number of imidazole rings is 1. The minimum absolute atomic E-state index is 0.150. The normalized spacial score (nSPS) is 14.3. The molecule has 0 saturated carbocycles. The molecule has 2 aromatic carbocycles. The van der Waals surface area contributed by atoms with E-state index in [0.717, 1.165) is 42.1 Å². The van der Waals surface area contributed by atoms with Crippen LogP contribution in [0.2, 0.25) is 0 Å². The Labute approximate surface area is 156 Å². The van der Waals surface area contributed by atoms with Gasteiger partial charge in [0, 0.05) is 18.7 Å². The van der Waals surface area contributed by atoms with Gasteiger partial charge in [-0.1, -0.05) is 42.1 Å². The summed E-state index contributed by atoms with van der Waals surface area (Å²) in [6.07, 6.45) is 2.17. The van der Waals surface area contributed by atoms with E-state index in [1.807, 2.05) is 39.8 Å². The van der Waals surface area contributed by atoms with Gasteiger partial charge in [0.25, 0.3) is 0 Å². The van der Waals surface area contributed by atoms with Crippen LogP contribution >= 0.6 is 11.8 Å². The summed E-state index contributed by atoms with van der Waals surface area (Å²) in [4.78, 5) is 18.9. The smallest absolute Gasteiger partial charge is 0.233 e. The van der Waals surface area contributed by atoms with E-state index in [-0.39, 0.29) is 11.7 Å². The van der Waals surface area contributed by atoms with Crippen molar-refractivity contribution >= 4 is 28.7 Å². The molecular weight excluding hydrogens is 349 g/mol. The Morgan fingerprint density at radius 3 is 2.62 bits per heavy atom. The first kappa shape index (κ1) is 17.1. The van der Waals surface area contributed by atoms with Gasteiger partial charge in [0.1, 0.15) is 5.82 Å². The van der Waals surface area contributed by atoms with Crippen molar-refractivity contribution in [3.05, 3.63) is 59.9 Å². The number of thioether (sulfide) groups is 1. The van der Waals surface area contributed by atoms with Gasteiger partial charge < -0.3 is 9.47 Å². The lowest BCUT2D eigenvalue weighted by atomic mass is 10.2. The Morgan fingerprint density at radius 2 is 1.81 bits per heavy atom. The third-order valence-electron chi connectivity index (χ3n) is 4.69. The number of carbonyl (C=O) groups is 1. The van der Waals surface area contributed by atoms with Gasteiger partial charge in [-0.25, -0.2) is 9.37 Å². The van der Waals surface area contributed by atoms with Crippen molar-refractivity contribution in [1.29, 1.82) is 0 Å². The number of fused-ring (bicyclic) bond motifs is 1. The maximum absolute atomic E-state index is 14.1. The molecule has 26 heavy (non-hydrogen) atoms. The summed E-state index contributed by atoms with van der Waals surface area (Å²) in [6, 6.07) is 14.6. The fourth-order valence-electron chi connectivity index (χ4n) is 3.30. The number of rotatable bonds is 5. The predicted molar refractivity (Wildman–Crippen MR) is 102 cm³/mol. The number of aromatic nitrogens is 2. The first-order chi connectivity index (χ1) is 12.7. The molecular formula is C20H20FN3OS. The van der Waals surface area contributed by atoms with Crippen LogP contribution in [-0.4, -0.2) is 39.2 Å². The highest BCUT2D eigenvalue weighted by Gasteiger charge is 2.20. The van der Waals surface area contributed by atoms with E-state index in [0.29, 0.717) is 17.9 Å². The molecule has 0 bridgehead atoms. The molecule has 2 heterocycles. The zero-order valence-corrected chi connectivity index (χ0v) is 15.2. The number of hydrogen-bond acceptors (Lipinski definition) is 3. The molecule has 6 heteroatoms. The lowest BCUT2D eigenvalue weighted by molar-refractivity contribution is -0.127. The van der Waals surface area contributed by atoms with Crippen molar-refractivity contribution in [3.8, 4) is 0 Å². The van der Waals surface area contributed by atoms with E-state index in [4.69, 9.17) is 0 Å². The van der Waals surface area contributed by atoms with E-state index < -0.39 is 0 Å². The zero-order chi connectivity index (χ0) is 17.9. The zero-order valence-electron chi connectivity index (χ0n) is 14.4. The second-order valence-electron chi connectivity index (χ2n) is 6.44. The first-order valence-corrected chi connectivity index (χ1v) is 9.80. The highest BCUT2D eigenvalue weighted by molar-refractivity contribution is 7.99. The SMILES string of the molecule is O=C(CSc1nc2ccccc2n1Cc1ccccc1F)N1CCCC1. The number of nitrogens with zero attached hydrogens (tertiary/aromatic N) is 3. The maximum atomic E-state index is 14.1. The Morgan fingerprint density at radius 1 is 1.08 bits per heavy atom. The summed E-state index contributed by atoms with van der Waals surface area (Å²) in [5.41, 5.74) is 2.43. The Hall–Kier alpha value is -2.34. The molecule has 4 nitrogen and oxygen atoms in total. The number of carbonyl (C=O) groups excluding carboxylic acids is 1. The van der Waals surface area contributed by atoms with E-state index >= 15 is 0 Å². The van der Waals surface area contributed by atoms with Crippen molar-refractivity contribution in [3.63, 3.8) is 0 Å². The number of likely N-dealkylation sites (tertiary alicyclic amines) is 1. The topological polar surface area (TPSA) is 38.1 Å². The third-order valence-corrected chi connectivity index (χ3v) is 5.65. The van der Waals surface area contributed by atoms with Crippen molar-refractivity contribution in [2.24, 2.45) is 0 Å². The summed E-state index contributed by atoms with van der Waals surface area (Å²) < 4.78 is 16.1. The van der Waals surface area contributed by atoms with Gasteiger partial charge >= 0.3 is 0 Å². The molecule has 3 aromatic rings. The Kier molecular flexibility index (Phi) is 4.93.